The largest absolute Gasteiger partial charge is 0.350 e. The average molecular weight is 407 g/mol. The molecule has 1 unspecified atom stereocenters. The van der Waals surface area contributed by atoms with Crippen molar-refractivity contribution in [2.75, 3.05) is 0 Å². The van der Waals surface area contributed by atoms with Crippen molar-refractivity contribution < 1.29 is 9.59 Å². The van der Waals surface area contributed by atoms with Crippen molar-refractivity contribution in [3.05, 3.63) is 69.2 Å². The number of carbonyl (C=O) groups is 2. The van der Waals surface area contributed by atoms with E-state index in [1.165, 1.54) is 6.07 Å². The van der Waals surface area contributed by atoms with Crippen LogP contribution in [0.2, 0.25) is 10.0 Å². The van der Waals surface area contributed by atoms with Crippen molar-refractivity contribution in [3.63, 3.8) is 0 Å². The molecule has 2 aromatic carbocycles. The number of hydrogen-bond donors (Lipinski definition) is 2. The van der Waals surface area contributed by atoms with Crippen LogP contribution in [0.4, 0.5) is 0 Å². The van der Waals surface area contributed by atoms with Crippen LogP contribution in [0.15, 0.2) is 42.5 Å². The zero-order valence-electron chi connectivity index (χ0n) is 15.7. The Morgan fingerprint density at radius 1 is 1.07 bits per heavy atom. The minimum absolute atomic E-state index is 0.217. The second kappa shape index (κ2) is 9.77. The van der Waals surface area contributed by atoms with E-state index in [0.717, 1.165) is 11.1 Å². The predicted molar refractivity (Wildman–Crippen MR) is 110 cm³/mol. The average Bonchev–Trinajstić information content (AvgIpc) is 2.59. The van der Waals surface area contributed by atoms with Crippen LogP contribution in [-0.2, 0) is 11.3 Å². The Morgan fingerprint density at radius 2 is 1.78 bits per heavy atom. The molecule has 2 amide bonds. The lowest BCUT2D eigenvalue weighted by molar-refractivity contribution is -0.123. The van der Waals surface area contributed by atoms with Crippen LogP contribution in [0.1, 0.15) is 41.8 Å². The molecule has 0 aliphatic heterocycles. The second-order valence-electron chi connectivity index (χ2n) is 6.92. The van der Waals surface area contributed by atoms with Gasteiger partial charge in [-0.2, -0.15) is 0 Å². The molecule has 0 saturated heterocycles. The van der Waals surface area contributed by atoms with Gasteiger partial charge >= 0.3 is 0 Å². The lowest BCUT2D eigenvalue weighted by atomic mass is 10.0. The molecule has 0 heterocycles. The molecule has 144 valence electrons. The highest BCUT2D eigenvalue weighted by atomic mass is 35.5. The molecule has 0 aliphatic rings. The van der Waals surface area contributed by atoms with E-state index in [4.69, 9.17) is 23.2 Å². The highest BCUT2D eigenvalue weighted by Gasteiger charge is 2.23. The van der Waals surface area contributed by atoms with E-state index in [9.17, 15) is 9.59 Å². The van der Waals surface area contributed by atoms with E-state index < -0.39 is 11.9 Å². The van der Waals surface area contributed by atoms with Crippen LogP contribution in [0.3, 0.4) is 0 Å². The summed E-state index contributed by atoms with van der Waals surface area (Å²) in [5.74, 6) is -0.376. The van der Waals surface area contributed by atoms with Gasteiger partial charge in [0.05, 0.1) is 10.6 Å². The molecule has 2 rings (SSSR count). The minimum Gasteiger partial charge on any atom is -0.350 e. The zero-order chi connectivity index (χ0) is 20.0. The first-order valence-corrected chi connectivity index (χ1v) is 9.61. The molecule has 6 heteroatoms. The zero-order valence-corrected chi connectivity index (χ0v) is 17.2. The van der Waals surface area contributed by atoms with Gasteiger partial charge in [0.2, 0.25) is 5.91 Å². The number of benzene rings is 2. The number of carbonyl (C=O) groups excluding carboxylic acids is 2. The molecule has 4 nitrogen and oxygen atoms in total. The van der Waals surface area contributed by atoms with E-state index in [-0.39, 0.29) is 16.8 Å². The van der Waals surface area contributed by atoms with E-state index in [2.05, 4.69) is 10.6 Å². The first kappa shape index (κ1) is 21.3. The summed E-state index contributed by atoms with van der Waals surface area (Å²) in [5, 5.41) is 6.42. The lowest BCUT2D eigenvalue weighted by Crippen LogP contribution is -2.47. The SMILES string of the molecule is Cc1ccccc1CNC(=O)C(CC(C)C)NC(=O)c1ccc(Cl)cc1Cl. The quantitative estimate of drug-likeness (QED) is 0.695. The summed E-state index contributed by atoms with van der Waals surface area (Å²) in [6.45, 7) is 6.42. The van der Waals surface area contributed by atoms with E-state index in [1.54, 1.807) is 12.1 Å². The van der Waals surface area contributed by atoms with Gasteiger partial charge < -0.3 is 10.6 Å². The highest BCUT2D eigenvalue weighted by molar-refractivity contribution is 6.36. The van der Waals surface area contributed by atoms with Gasteiger partial charge in [-0.1, -0.05) is 61.3 Å². The molecule has 0 saturated carbocycles. The minimum atomic E-state index is -0.645. The van der Waals surface area contributed by atoms with Gasteiger partial charge in [-0.05, 0) is 48.6 Å². The number of rotatable bonds is 7. The number of halogens is 2. The smallest absolute Gasteiger partial charge is 0.253 e. The molecule has 0 bridgehead atoms. The summed E-state index contributed by atoms with van der Waals surface area (Å²) in [6.07, 6.45) is 0.524. The van der Waals surface area contributed by atoms with Gasteiger partial charge in [0.1, 0.15) is 6.04 Å². The third kappa shape index (κ3) is 6.26. The molecule has 1 atom stereocenters. The molecular formula is C21H24Cl2N2O2. The molecule has 0 aliphatic carbocycles. The Morgan fingerprint density at radius 3 is 2.41 bits per heavy atom. The maximum Gasteiger partial charge on any atom is 0.253 e. The van der Waals surface area contributed by atoms with E-state index >= 15 is 0 Å². The van der Waals surface area contributed by atoms with Crippen molar-refractivity contribution in [1.82, 2.24) is 10.6 Å². The number of hydrogen-bond acceptors (Lipinski definition) is 2. The molecule has 0 fully saturated rings. The topological polar surface area (TPSA) is 58.2 Å². The van der Waals surface area contributed by atoms with E-state index in [0.29, 0.717) is 23.6 Å². The Bertz CT molecular complexity index is 822. The fraction of sp³-hybridized carbons (Fsp3) is 0.333. The molecule has 2 N–H and O–H groups in total. The van der Waals surface area contributed by atoms with Gasteiger partial charge in [0.25, 0.3) is 5.91 Å². The normalized spacial score (nSPS) is 11.9. The maximum absolute atomic E-state index is 12.7. The summed E-state index contributed by atoms with van der Waals surface area (Å²) in [7, 11) is 0. The van der Waals surface area contributed by atoms with E-state index in [1.807, 2.05) is 45.0 Å². The van der Waals surface area contributed by atoms with Crippen molar-refractivity contribution in [2.24, 2.45) is 5.92 Å². The van der Waals surface area contributed by atoms with Gasteiger partial charge in [-0.3, -0.25) is 9.59 Å². The standard InChI is InChI=1S/C21H24Cl2N2O2/c1-13(2)10-19(21(27)24-12-15-7-5-4-6-14(15)3)25-20(26)17-9-8-16(22)11-18(17)23/h4-9,11,13,19H,10,12H2,1-3H3,(H,24,27)(H,25,26). The van der Waals surface area contributed by atoms with Crippen LogP contribution >= 0.6 is 23.2 Å². The number of amides is 2. The van der Waals surface area contributed by atoms with Crippen molar-refractivity contribution in [3.8, 4) is 0 Å². The monoisotopic (exact) mass is 406 g/mol. The predicted octanol–water partition coefficient (Wildman–Crippen LogP) is 4.76. The van der Waals surface area contributed by atoms with Gasteiger partial charge in [0, 0.05) is 11.6 Å². The molecule has 2 aromatic rings. The highest BCUT2D eigenvalue weighted by Crippen LogP contribution is 2.21. The summed E-state index contributed by atoms with van der Waals surface area (Å²) in [5.41, 5.74) is 2.44. The molecule has 0 aromatic heterocycles. The Balaban J connectivity index is 2.08. The van der Waals surface area contributed by atoms with Crippen LogP contribution in [0.25, 0.3) is 0 Å². The van der Waals surface area contributed by atoms with Gasteiger partial charge in [-0.15, -0.1) is 0 Å². The number of aryl methyl sites for hydroxylation is 1. The number of nitrogens with one attached hydrogen (secondary N) is 2. The molecular weight excluding hydrogens is 383 g/mol. The van der Waals surface area contributed by atoms with Crippen LogP contribution in [-0.4, -0.2) is 17.9 Å². The fourth-order valence-corrected chi connectivity index (χ4v) is 3.22. The van der Waals surface area contributed by atoms with Crippen LogP contribution < -0.4 is 10.6 Å². The first-order valence-electron chi connectivity index (χ1n) is 8.86. The summed E-state index contributed by atoms with van der Waals surface area (Å²) in [6, 6.07) is 11.9. The molecule has 0 radical (unpaired) electrons. The third-order valence-corrected chi connectivity index (χ3v) is 4.77. The third-order valence-electron chi connectivity index (χ3n) is 4.22. The van der Waals surface area contributed by atoms with Gasteiger partial charge in [-0.25, -0.2) is 0 Å². The Kier molecular flexibility index (Phi) is 7.69. The molecule has 0 spiro atoms. The summed E-state index contributed by atoms with van der Waals surface area (Å²) in [4.78, 5) is 25.3. The van der Waals surface area contributed by atoms with Crippen LogP contribution in [0, 0.1) is 12.8 Å². The maximum atomic E-state index is 12.7. The lowest BCUT2D eigenvalue weighted by Gasteiger charge is -2.21. The van der Waals surface area contributed by atoms with Crippen LogP contribution in [0.5, 0.6) is 0 Å². The Labute approximate surface area is 170 Å². The second-order valence-corrected chi connectivity index (χ2v) is 7.77. The summed E-state index contributed by atoms with van der Waals surface area (Å²) < 4.78 is 0. The van der Waals surface area contributed by atoms with Gasteiger partial charge in [0.15, 0.2) is 0 Å². The first-order chi connectivity index (χ1) is 12.8. The van der Waals surface area contributed by atoms with Crippen molar-refractivity contribution in [2.45, 2.75) is 39.8 Å². The Hall–Kier alpha value is -2.04. The van der Waals surface area contributed by atoms with Crippen molar-refractivity contribution >= 4 is 35.0 Å². The molecule has 27 heavy (non-hydrogen) atoms. The fourth-order valence-electron chi connectivity index (χ4n) is 2.73. The van der Waals surface area contributed by atoms with Crippen molar-refractivity contribution in [1.29, 1.82) is 0 Å². The summed E-state index contributed by atoms with van der Waals surface area (Å²) >= 11 is 12.0.